The summed E-state index contributed by atoms with van der Waals surface area (Å²) in [5, 5.41) is 0. The molecular weight excluding hydrogens is 186 g/mol. The SMILES string of the molecule is Fc1cccc(Cc2cnc[nH]2)c1F. The summed E-state index contributed by atoms with van der Waals surface area (Å²) in [6.07, 6.45) is 3.42. The molecule has 0 saturated carbocycles. The van der Waals surface area contributed by atoms with E-state index >= 15 is 0 Å². The third-order valence-electron chi connectivity index (χ3n) is 1.97. The van der Waals surface area contributed by atoms with E-state index in [1.165, 1.54) is 12.4 Å². The smallest absolute Gasteiger partial charge is 0.162 e. The maximum absolute atomic E-state index is 13.2. The molecule has 0 spiro atoms. The molecule has 1 N–H and O–H groups in total. The van der Waals surface area contributed by atoms with Crippen molar-refractivity contribution in [1.82, 2.24) is 9.97 Å². The summed E-state index contributed by atoms with van der Waals surface area (Å²) in [7, 11) is 0. The summed E-state index contributed by atoms with van der Waals surface area (Å²) in [5.41, 5.74) is 1.09. The van der Waals surface area contributed by atoms with Gasteiger partial charge in [-0.05, 0) is 11.6 Å². The van der Waals surface area contributed by atoms with Gasteiger partial charge in [0.05, 0.1) is 6.33 Å². The molecule has 0 aliphatic heterocycles. The van der Waals surface area contributed by atoms with Gasteiger partial charge in [-0.2, -0.15) is 0 Å². The lowest BCUT2D eigenvalue weighted by atomic mass is 10.1. The molecule has 1 heterocycles. The number of rotatable bonds is 2. The van der Waals surface area contributed by atoms with Crippen molar-refractivity contribution >= 4 is 0 Å². The lowest BCUT2D eigenvalue weighted by Crippen LogP contribution is -1.95. The van der Waals surface area contributed by atoms with Gasteiger partial charge in [0.2, 0.25) is 0 Å². The minimum Gasteiger partial charge on any atom is -0.348 e. The van der Waals surface area contributed by atoms with Crippen molar-refractivity contribution in [3.05, 3.63) is 53.6 Å². The van der Waals surface area contributed by atoms with E-state index in [9.17, 15) is 8.78 Å². The lowest BCUT2D eigenvalue weighted by Gasteiger charge is -2.01. The fourth-order valence-corrected chi connectivity index (χ4v) is 1.27. The molecule has 0 atom stereocenters. The van der Waals surface area contributed by atoms with Crippen molar-refractivity contribution in [2.75, 3.05) is 0 Å². The molecule has 0 saturated heterocycles. The Morgan fingerprint density at radius 1 is 1.29 bits per heavy atom. The molecule has 1 aromatic heterocycles. The van der Waals surface area contributed by atoms with E-state index in [0.717, 1.165) is 11.8 Å². The molecule has 0 fully saturated rings. The highest BCUT2D eigenvalue weighted by Gasteiger charge is 2.08. The van der Waals surface area contributed by atoms with Crippen molar-refractivity contribution in [3.63, 3.8) is 0 Å². The molecule has 0 bridgehead atoms. The lowest BCUT2D eigenvalue weighted by molar-refractivity contribution is 0.500. The van der Waals surface area contributed by atoms with Crippen LogP contribution in [0.2, 0.25) is 0 Å². The van der Waals surface area contributed by atoms with Crippen LogP contribution in [-0.2, 0) is 6.42 Å². The maximum Gasteiger partial charge on any atom is 0.162 e. The summed E-state index contributed by atoms with van der Waals surface area (Å²) < 4.78 is 26.0. The average Bonchev–Trinajstić information content (AvgIpc) is 2.66. The Kier molecular flexibility index (Phi) is 2.26. The highest BCUT2D eigenvalue weighted by molar-refractivity contribution is 5.23. The number of imidazole rings is 1. The Hall–Kier alpha value is -1.71. The molecule has 0 aliphatic rings. The van der Waals surface area contributed by atoms with E-state index in [2.05, 4.69) is 9.97 Å². The van der Waals surface area contributed by atoms with Gasteiger partial charge in [0, 0.05) is 18.3 Å². The van der Waals surface area contributed by atoms with Crippen LogP contribution in [0.3, 0.4) is 0 Å². The van der Waals surface area contributed by atoms with Gasteiger partial charge in [-0.1, -0.05) is 12.1 Å². The zero-order valence-electron chi connectivity index (χ0n) is 7.30. The first kappa shape index (κ1) is 8.87. The standard InChI is InChI=1S/C10H8F2N2/c11-9-3-1-2-7(10(9)12)4-8-5-13-6-14-8/h1-3,5-6H,4H2,(H,13,14). The van der Waals surface area contributed by atoms with Crippen LogP contribution in [0.25, 0.3) is 0 Å². The van der Waals surface area contributed by atoms with E-state index < -0.39 is 11.6 Å². The molecule has 2 aromatic rings. The predicted octanol–water partition coefficient (Wildman–Crippen LogP) is 2.28. The van der Waals surface area contributed by atoms with Crippen molar-refractivity contribution in [1.29, 1.82) is 0 Å². The Bertz CT molecular complexity index is 424. The first-order valence-electron chi connectivity index (χ1n) is 4.17. The van der Waals surface area contributed by atoms with Crippen LogP contribution in [-0.4, -0.2) is 9.97 Å². The number of halogens is 2. The zero-order chi connectivity index (χ0) is 9.97. The summed E-state index contributed by atoms with van der Waals surface area (Å²) in [4.78, 5) is 6.63. The molecule has 1 aromatic carbocycles. The second kappa shape index (κ2) is 3.57. The molecule has 14 heavy (non-hydrogen) atoms. The van der Waals surface area contributed by atoms with Crippen LogP contribution < -0.4 is 0 Å². The summed E-state index contributed by atoms with van der Waals surface area (Å²) in [5.74, 6) is -1.61. The van der Waals surface area contributed by atoms with Gasteiger partial charge in [0.15, 0.2) is 11.6 Å². The van der Waals surface area contributed by atoms with E-state index in [0.29, 0.717) is 12.0 Å². The molecular formula is C10H8F2N2. The quantitative estimate of drug-likeness (QED) is 0.780. The van der Waals surface area contributed by atoms with E-state index in [4.69, 9.17) is 0 Å². The number of H-pyrrole nitrogens is 1. The summed E-state index contributed by atoms with van der Waals surface area (Å²) >= 11 is 0. The van der Waals surface area contributed by atoms with Gasteiger partial charge in [0.1, 0.15) is 0 Å². The van der Waals surface area contributed by atoms with Crippen LogP contribution in [0.1, 0.15) is 11.3 Å². The zero-order valence-corrected chi connectivity index (χ0v) is 7.30. The van der Waals surface area contributed by atoms with Crippen molar-refractivity contribution in [2.24, 2.45) is 0 Å². The van der Waals surface area contributed by atoms with Crippen LogP contribution >= 0.6 is 0 Å². The van der Waals surface area contributed by atoms with Crippen LogP contribution in [0.15, 0.2) is 30.7 Å². The highest BCUT2D eigenvalue weighted by atomic mass is 19.2. The van der Waals surface area contributed by atoms with Gasteiger partial charge in [0.25, 0.3) is 0 Å². The second-order valence-corrected chi connectivity index (χ2v) is 2.97. The highest BCUT2D eigenvalue weighted by Crippen LogP contribution is 2.14. The van der Waals surface area contributed by atoms with E-state index in [1.54, 1.807) is 12.3 Å². The Balaban J connectivity index is 2.29. The summed E-state index contributed by atoms with van der Waals surface area (Å²) in [6, 6.07) is 4.15. The Labute approximate surface area is 79.6 Å². The van der Waals surface area contributed by atoms with E-state index in [-0.39, 0.29) is 0 Å². The number of nitrogens with zero attached hydrogens (tertiary/aromatic N) is 1. The van der Waals surface area contributed by atoms with Gasteiger partial charge in [-0.15, -0.1) is 0 Å². The first-order chi connectivity index (χ1) is 6.77. The molecule has 2 rings (SSSR count). The number of hydrogen-bond acceptors (Lipinski definition) is 1. The normalized spacial score (nSPS) is 10.4. The van der Waals surface area contributed by atoms with Gasteiger partial charge in [-0.3, -0.25) is 0 Å². The molecule has 0 aliphatic carbocycles. The van der Waals surface area contributed by atoms with Crippen LogP contribution in [0.5, 0.6) is 0 Å². The minimum atomic E-state index is -0.818. The first-order valence-corrected chi connectivity index (χ1v) is 4.17. The third-order valence-corrected chi connectivity index (χ3v) is 1.97. The van der Waals surface area contributed by atoms with Crippen molar-refractivity contribution in [2.45, 2.75) is 6.42 Å². The molecule has 0 radical (unpaired) electrons. The van der Waals surface area contributed by atoms with Crippen molar-refractivity contribution in [3.8, 4) is 0 Å². The number of aromatic amines is 1. The van der Waals surface area contributed by atoms with Crippen molar-refractivity contribution < 1.29 is 8.78 Å². The van der Waals surface area contributed by atoms with Gasteiger partial charge in [-0.25, -0.2) is 13.8 Å². The number of nitrogens with one attached hydrogen (secondary N) is 1. The third kappa shape index (κ3) is 1.64. The second-order valence-electron chi connectivity index (χ2n) is 2.97. The monoisotopic (exact) mass is 194 g/mol. The Morgan fingerprint density at radius 2 is 2.14 bits per heavy atom. The number of hydrogen-bond donors (Lipinski definition) is 1. The van der Waals surface area contributed by atoms with Crippen LogP contribution in [0.4, 0.5) is 8.78 Å². The molecule has 2 nitrogen and oxygen atoms in total. The van der Waals surface area contributed by atoms with E-state index in [1.807, 2.05) is 0 Å². The number of aromatic nitrogens is 2. The van der Waals surface area contributed by atoms with Gasteiger partial charge < -0.3 is 4.98 Å². The fraction of sp³-hybridized carbons (Fsp3) is 0.100. The number of benzene rings is 1. The predicted molar refractivity (Wildman–Crippen MR) is 47.8 cm³/mol. The maximum atomic E-state index is 13.2. The molecule has 4 heteroatoms. The minimum absolute atomic E-state index is 0.323. The molecule has 72 valence electrons. The van der Waals surface area contributed by atoms with Gasteiger partial charge >= 0.3 is 0 Å². The average molecular weight is 194 g/mol. The molecule has 0 amide bonds. The Morgan fingerprint density at radius 3 is 2.86 bits per heavy atom. The van der Waals surface area contributed by atoms with Crippen LogP contribution in [0, 0.1) is 11.6 Å². The topological polar surface area (TPSA) is 28.7 Å². The fourth-order valence-electron chi connectivity index (χ4n) is 1.27. The largest absolute Gasteiger partial charge is 0.348 e. The molecule has 0 unspecified atom stereocenters. The summed E-state index contributed by atoms with van der Waals surface area (Å²) in [6.45, 7) is 0.